The van der Waals surface area contributed by atoms with Crippen molar-refractivity contribution in [2.24, 2.45) is 0 Å². The predicted octanol–water partition coefficient (Wildman–Crippen LogP) is 1.25. The van der Waals surface area contributed by atoms with Gasteiger partial charge in [0, 0.05) is 20.6 Å². The summed E-state index contributed by atoms with van der Waals surface area (Å²) in [5, 5.41) is 15.2. The molecule has 0 spiro atoms. The Hall–Kier alpha value is -3.27. The molecule has 4 rings (SSSR count). The van der Waals surface area contributed by atoms with Crippen molar-refractivity contribution >= 4 is 11.8 Å². The zero-order valence-corrected chi connectivity index (χ0v) is 16.3. The number of hydrogen-bond acceptors (Lipinski definition) is 6. The van der Waals surface area contributed by atoms with Gasteiger partial charge in [0.2, 0.25) is 5.75 Å². The number of benzene rings is 1. The lowest BCUT2D eigenvalue weighted by Crippen LogP contribution is -2.42. The third-order valence-corrected chi connectivity index (χ3v) is 5.40. The van der Waals surface area contributed by atoms with E-state index in [0.717, 1.165) is 18.9 Å². The fourth-order valence-electron chi connectivity index (χ4n) is 3.88. The van der Waals surface area contributed by atoms with Gasteiger partial charge in [-0.15, -0.1) is 0 Å². The maximum Gasteiger partial charge on any atom is 0.296 e. The van der Waals surface area contributed by atoms with Crippen LogP contribution in [0.2, 0.25) is 0 Å². The summed E-state index contributed by atoms with van der Waals surface area (Å²) < 4.78 is 20.7. The molecule has 1 fully saturated rings. The Kier molecular flexibility index (Phi) is 5.25. The maximum absolute atomic E-state index is 13.5. The summed E-state index contributed by atoms with van der Waals surface area (Å²) in [6.07, 6.45) is 1.95. The molecule has 2 atom stereocenters. The van der Waals surface area contributed by atoms with E-state index in [4.69, 9.17) is 4.74 Å². The van der Waals surface area contributed by atoms with Crippen LogP contribution < -0.4 is 16.2 Å². The molecular weight excluding hydrogens is 395 g/mol. The Labute approximate surface area is 172 Å². The third-order valence-electron chi connectivity index (χ3n) is 5.40. The first-order chi connectivity index (χ1) is 14.4. The number of hydrogen-bond donors (Lipinski definition) is 3. The number of fused-ring (bicyclic) bond motifs is 4. The first-order valence-electron chi connectivity index (χ1n) is 9.67. The molecule has 160 valence electrons. The second kappa shape index (κ2) is 7.86. The fraction of sp³-hybridized carbons (Fsp3) is 0.400. The molecule has 2 aliphatic heterocycles. The summed E-state index contributed by atoms with van der Waals surface area (Å²) in [5.74, 6) is -2.28. The molecule has 0 saturated carbocycles. The van der Waals surface area contributed by atoms with Crippen LogP contribution in [0.3, 0.4) is 0 Å². The topological polar surface area (TPSA) is 123 Å². The van der Waals surface area contributed by atoms with Gasteiger partial charge in [0.1, 0.15) is 17.7 Å². The van der Waals surface area contributed by atoms with Crippen LogP contribution >= 0.6 is 0 Å². The molecule has 1 saturated heterocycles. The normalized spacial score (nSPS) is 19.7. The summed E-state index contributed by atoms with van der Waals surface area (Å²) in [7, 11) is 1.41. The van der Waals surface area contributed by atoms with Gasteiger partial charge < -0.3 is 20.5 Å². The minimum absolute atomic E-state index is 0. The van der Waals surface area contributed by atoms with Crippen LogP contribution in [-0.4, -0.2) is 39.6 Å². The Morgan fingerprint density at radius 1 is 1.37 bits per heavy atom. The van der Waals surface area contributed by atoms with Crippen molar-refractivity contribution in [2.75, 3.05) is 7.05 Å². The van der Waals surface area contributed by atoms with Gasteiger partial charge in [-0.25, -0.2) is 9.37 Å². The standard InChI is InChI=1S/C20H21FN4O5.H2/c1-22-18(27)13-7-11(21)6-5-10(13)8-23-19(28)15-16(26)20(29)25-9-12-3-2-4-14(30-12)17(25)24-15;/h5-7,12,14,26H,2-4,8-9H2,1H3,(H,22,27)(H,23,28);1H/t12-,14+;/m0./s1. The van der Waals surface area contributed by atoms with Gasteiger partial charge >= 0.3 is 0 Å². The Balaban J connectivity index is 0.00000272. The fourth-order valence-corrected chi connectivity index (χ4v) is 3.88. The van der Waals surface area contributed by atoms with Crippen molar-refractivity contribution in [2.45, 2.75) is 44.6 Å². The van der Waals surface area contributed by atoms with Crippen molar-refractivity contribution in [1.29, 1.82) is 0 Å². The number of rotatable bonds is 4. The average Bonchev–Trinajstić information content (AvgIpc) is 2.75. The first kappa shape index (κ1) is 20.0. The van der Waals surface area contributed by atoms with Crippen molar-refractivity contribution in [3.63, 3.8) is 0 Å². The number of nitrogens with one attached hydrogen (secondary N) is 2. The average molecular weight is 418 g/mol. The van der Waals surface area contributed by atoms with Crippen LogP contribution in [0, 0.1) is 5.82 Å². The van der Waals surface area contributed by atoms with Crippen molar-refractivity contribution < 1.29 is 25.2 Å². The van der Waals surface area contributed by atoms with Crippen molar-refractivity contribution in [1.82, 2.24) is 20.2 Å². The van der Waals surface area contributed by atoms with Gasteiger partial charge in [0.05, 0.1) is 12.6 Å². The molecule has 0 aliphatic carbocycles. The Morgan fingerprint density at radius 3 is 2.93 bits per heavy atom. The highest BCUT2D eigenvalue weighted by Crippen LogP contribution is 2.35. The van der Waals surface area contributed by atoms with Crippen LogP contribution in [0.4, 0.5) is 4.39 Å². The van der Waals surface area contributed by atoms with Crippen LogP contribution in [-0.2, 0) is 17.8 Å². The molecule has 1 aromatic heterocycles. The maximum atomic E-state index is 13.5. The summed E-state index contributed by atoms with van der Waals surface area (Å²) in [6, 6.07) is 3.62. The lowest BCUT2D eigenvalue weighted by atomic mass is 10.00. The zero-order chi connectivity index (χ0) is 21.4. The molecule has 1 aromatic carbocycles. The SMILES string of the molecule is CNC(=O)c1cc(F)ccc1CNC(=O)c1nc2n(c(=O)c1O)C[C@@H]1CCC[C@H]2O1.[HH]. The van der Waals surface area contributed by atoms with E-state index in [0.29, 0.717) is 17.8 Å². The second-order valence-electron chi connectivity index (χ2n) is 7.32. The number of aromatic nitrogens is 2. The highest BCUT2D eigenvalue weighted by Gasteiger charge is 2.35. The summed E-state index contributed by atoms with van der Waals surface area (Å²) in [4.78, 5) is 41.5. The second-order valence-corrected chi connectivity index (χ2v) is 7.32. The summed E-state index contributed by atoms with van der Waals surface area (Å²) >= 11 is 0. The summed E-state index contributed by atoms with van der Waals surface area (Å²) in [6.45, 7) is 0.168. The van der Waals surface area contributed by atoms with Crippen molar-refractivity contribution in [3.8, 4) is 5.75 Å². The van der Waals surface area contributed by atoms with Gasteiger partial charge in [-0.2, -0.15) is 0 Å². The van der Waals surface area contributed by atoms with Crippen LogP contribution in [0.25, 0.3) is 0 Å². The number of ether oxygens (including phenoxy) is 1. The van der Waals surface area contributed by atoms with Gasteiger partial charge in [-0.3, -0.25) is 19.0 Å². The minimum Gasteiger partial charge on any atom is -0.501 e. The summed E-state index contributed by atoms with van der Waals surface area (Å²) in [5.41, 5.74) is -0.639. The molecule has 2 bridgehead atoms. The molecular formula is C20H23FN4O5. The predicted molar refractivity (Wildman–Crippen MR) is 105 cm³/mol. The quantitative estimate of drug-likeness (QED) is 0.687. The van der Waals surface area contributed by atoms with Gasteiger partial charge in [-0.1, -0.05) is 6.07 Å². The number of amides is 2. The van der Waals surface area contributed by atoms with Crippen LogP contribution in [0.1, 0.15) is 59.0 Å². The molecule has 3 N–H and O–H groups in total. The van der Waals surface area contributed by atoms with Gasteiger partial charge in [0.15, 0.2) is 5.69 Å². The zero-order valence-electron chi connectivity index (χ0n) is 16.3. The highest BCUT2D eigenvalue weighted by molar-refractivity contribution is 5.96. The van der Waals surface area contributed by atoms with E-state index >= 15 is 0 Å². The van der Waals surface area contributed by atoms with Crippen LogP contribution in [0.15, 0.2) is 23.0 Å². The van der Waals surface area contributed by atoms with E-state index < -0.39 is 40.7 Å². The van der Waals surface area contributed by atoms with Crippen LogP contribution in [0.5, 0.6) is 5.75 Å². The minimum atomic E-state index is -0.780. The molecule has 2 aliphatic rings. The van der Waals surface area contributed by atoms with E-state index in [1.807, 2.05) is 0 Å². The molecule has 2 amide bonds. The number of aromatic hydroxyl groups is 1. The largest absolute Gasteiger partial charge is 0.501 e. The number of carbonyl (C=O) groups is 2. The molecule has 0 radical (unpaired) electrons. The van der Waals surface area contributed by atoms with E-state index in [2.05, 4.69) is 15.6 Å². The number of nitrogens with zero attached hydrogens (tertiary/aromatic N) is 2. The third kappa shape index (κ3) is 3.54. The van der Waals surface area contributed by atoms with E-state index in [-0.39, 0.29) is 26.2 Å². The molecule has 0 unspecified atom stereocenters. The molecule has 3 heterocycles. The van der Waals surface area contributed by atoms with E-state index in [1.54, 1.807) is 0 Å². The lowest BCUT2D eigenvalue weighted by molar-refractivity contribution is -0.0860. The van der Waals surface area contributed by atoms with E-state index in [1.165, 1.54) is 23.7 Å². The van der Waals surface area contributed by atoms with Gasteiger partial charge in [-0.05, 0) is 37.0 Å². The molecule has 2 aromatic rings. The smallest absolute Gasteiger partial charge is 0.296 e. The monoisotopic (exact) mass is 418 g/mol. The first-order valence-corrected chi connectivity index (χ1v) is 9.67. The highest BCUT2D eigenvalue weighted by atomic mass is 19.1. The molecule has 9 nitrogen and oxygen atoms in total. The number of halogens is 1. The molecule has 10 heteroatoms. The Morgan fingerprint density at radius 2 is 2.17 bits per heavy atom. The Bertz CT molecular complexity index is 1090. The lowest BCUT2D eigenvalue weighted by Gasteiger charge is -2.36. The molecule has 30 heavy (non-hydrogen) atoms. The number of carbonyl (C=O) groups excluding carboxylic acids is 2. The van der Waals surface area contributed by atoms with E-state index in [9.17, 15) is 23.9 Å². The van der Waals surface area contributed by atoms with Crippen molar-refractivity contribution in [3.05, 3.63) is 57.0 Å². The van der Waals surface area contributed by atoms with Gasteiger partial charge in [0.25, 0.3) is 17.4 Å².